The minimum atomic E-state index is -0.440. The fraction of sp³-hybridized carbons (Fsp3) is 0.0513. The molecule has 7 aromatic rings. The molecule has 5 N–H and O–H groups in total. The molecule has 0 aliphatic rings. The van der Waals surface area contributed by atoms with E-state index in [1.165, 1.54) is 0 Å². The Morgan fingerprint density at radius 2 is 1.32 bits per heavy atom. The zero-order chi connectivity index (χ0) is 30.0. The lowest BCUT2D eigenvalue weighted by atomic mass is 9.93. The number of nitrogens with one attached hydrogen (secondary N) is 1. The van der Waals surface area contributed by atoms with Gasteiger partial charge in [-0.3, -0.25) is 0 Å². The highest BCUT2D eigenvalue weighted by atomic mass is 16.3. The van der Waals surface area contributed by atoms with E-state index >= 15 is 0 Å². The Morgan fingerprint density at radius 3 is 2.14 bits per heavy atom. The third kappa shape index (κ3) is 5.10. The third-order valence-corrected chi connectivity index (χ3v) is 8.18. The lowest BCUT2D eigenvalue weighted by molar-refractivity contribution is 0.574. The maximum absolute atomic E-state index is 9.27. The van der Waals surface area contributed by atoms with Gasteiger partial charge in [-0.15, -0.1) is 0 Å². The van der Waals surface area contributed by atoms with Crippen molar-refractivity contribution in [3.05, 3.63) is 156 Å². The van der Waals surface area contributed by atoms with Gasteiger partial charge in [-0.05, 0) is 58.7 Å². The van der Waals surface area contributed by atoms with Crippen LogP contribution in [-0.4, -0.2) is 0 Å². The van der Waals surface area contributed by atoms with E-state index in [1.54, 1.807) is 12.1 Å². The summed E-state index contributed by atoms with van der Waals surface area (Å²) < 4.78 is 6.35. The van der Waals surface area contributed by atoms with Gasteiger partial charge in [-0.25, -0.2) is 0 Å². The molecule has 0 aliphatic heterocycles. The fourth-order valence-electron chi connectivity index (χ4n) is 5.83. The average Bonchev–Trinajstić information content (AvgIpc) is 3.47. The van der Waals surface area contributed by atoms with E-state index in [0.717, 1.165) is 66.7 Å². The first kappa shape index (κ1) is 27.2. The van der Waals surface area contributed by atoms with Crippen LogP contribution in [0.5, 0.6) is 0 Å². The van der Waals surface area contributed by atoms with Gasteiger partial charge in [0.1, 0.15) is 11.2 Å². The molecule has 0 fully saturated rings. The summed E-state index contributed by atoms with van der Waals surface area (Å²) in [5.74, 6) is 0. The van der Waals surface area contributed by atoms with E-state index in [0.29, 0.717) is 5.56 Å². The normalized spacial score (nSPS) is 12.6. The van der Waals surface area contributed by atoms with E-state index < -0.39 is 12.1 Å². The lowest BCUT2D eigenvalue weighted by Gasteiger charge is -2.21. The predicted molar refractivity (Wildman–Crippen MR) is 179 cm³/mol. The zero-order valence-electron chi connectivity index (χ0n) is 23.9. The molecule has 0 amide bonds. The van der Waals surface area contributed by atoms with Gasteiger partial charge in [0.05, 0.1) is 11.6 Å². The van der Waals surface area contributed by atoms with Crippen LogP contribution in [-0.2, 0) is 0 Å². The molecule has 1 heterocycles. The second-order valence-electron chi connectivity index (χ2n) is 10.9. The van der Waals surface area contributed by atoms with E-state index in [9.17, 15) is 5.26 Å². The summed E-state index contributed by atoms with van der Waals surface area (Å²) in [6, 6.07) is 48.0. The summed E-state index contributed by atoms with van der Waals surface area (Å²) in [7, 11) is 0. The van der Waals surface area contributed by atoms with Crippen molar-refractivity contribution < 1.29 is 4.42 Å². The summed E-state index contributed by atoms with van der Waals surface area (Å²) >= 11 is 0. The number of nitrogens with two attached hydrogens (primary N) is 2. The molecule has 6 aromatic carbocycles. The van der Waals surface area contributed by atoms with Crippen LogP contribution < -0.4 is 16.8 Å². The molecular weight excluding hydrogens is 540 g/mol. The van der Waals surface area contributed by atoms with E-state index in [-0.39, 0.29) is 0 Å². The van der Waals surface area contributed by atoms with E-state index in [2.05, 4.69) is 66.0 Å². The minimum Gasteiger partial charge on any atom is -0.455 e. The van der Waals surface area contributed by atoms with Crippen LogP contribution in [0, 0.1) is 11.3 Å². The smallest absolute Gasteiger partial charge is 0.143 e. The molecule has 1 unspecified atom stereocenters. The Balaban J connectivity index is 1.23. The van der Waals surface area contributed by atoms with Crippen molar-refractivity contribution >= 4 is 33.3 Å². The molecule has 7 rings (SSSR count). The molecule has 212 valence electrons. The van der Waals surface area contributed by atoms with Gasteiger partial charge in [0.15, 0.2) is 0 Å². The summed E-state index contributed by atoms with van der Waals surface area (Å²) in [6.45, 7) is 0. The highest BCUT2D eigenvalue weighted by molar-refractivity contribution is 6.09. The summed E-state index contributed by atoms with van der Waals surface area (Å²) in [5.41, 5.74) is 23.4. The number of anilines is 2. The standard InChI is InChI=1S/C39H30N4O/c40-24-25-8-6-11-29(22-25)38(42)37(41)27-16-19-30(20-17-27)43-35-23-28(18-21-31(35)26-9-2-1-3-10-26)32-13-7-14-34-33-12-4-5-15-36(33)44-39(32)34/h1-23,37-38,43H,41-42H2/t37-,38?/m0/s1. The number of furan rings is 1. The Morgan fingerprint density at radius 1 is 0.591 bits per heavy atom. The van der Waals surface area contributed by atoms with Crippen molar-refractivity contribution in [3.8, 4) is 28.3 Å². The molecule has 0 saturated carbocycles. The number of hydrogen-bond acceptors (Lipinski definition) is 5. The van der Waals surface area contributed by atoms with Gasteiger partial charge in [0.25, 0.3) is 0 Å². The van der Waals surface area contributed by atoms with Crippen molar-refractivity contribution in [2.24, 2.45) is 11.5 Å². The average molecular weight is 571 g/mol. The number of hydrogen-bond donors (Lipinski definition) is 3. The molecule has 0 radical (unpaired) electrons. The minimum absolute atomic E-state index is 0.425. The molecule has 0 saturated heterocycles. The number of nitrogens with zero attached hydrogens (tertiary/aromatic N) is 1. The molecule has 5 heteroatoms. The Hall–Kier alpha value is -5.67. The Labute approximate surface area is 256 Å². The molecule has 0 spiro atoms. The predicted octanol–water partition coefficient (Wildman–Crippen LogP) is 9.24. The monoisotopic (exact) mass is 570 g/mol. The SMILES string of the molecule is N#Cc1cccc(C(N)[C@@H](N)c2ccc(Nc3cc(-c4cccc5c4oc4ccccc45)ccc3-c3ccccc3)cc2)c1. The van der Waals surface area contributed by atoms with Crippen LogP contribution in [0.2, 0.25) is 0 Å². The second-order valence-corrected chi connectivity index (χ2v) is 10.9. The summed E-state index contributed by atoms with van der Waals surface area (Å²) in [6.07, 6.45) is 0. The summed E-state index contributed by atoms with van der Waals surface area (Å²) in [5, 5.41) is 15.1. The largest absolute Gasteiger partial charge is 0.455 e. The molecule has 5 nitrogen and oxygen atoms in total. The number of benzene rings is 6. The van der Waals surface area contributed by atoms with Gasteiger partial charge < -0.3 is 21.2 Å². The van der Waals surface area contributed by atoms with Crippen molar-refractivity contribution in [1.82, 2.24) is 0 Å². The number of nitriles is 1. The second kappa shape index (κ2) is 11.5. The highest BCUT2D eigenvalue weighted by Crippen LogP contribution is 2.39. The molecular formula is C39H30N4O. The first-order chi connectivity index (χ1) is 21.6. The molecule has 0 aliphatic carbocycles. The van der Waals surface area contributed by atoms with Gasteiger partial charge in [0.2, 0.25) is 0 Å². The Bertz CT molecular complexity index is 2140. The quantitative estimate of drug-likeness (QED) is 0.177. The van der Waals surface area contributed by atoms with Crippen molar-refractivity contribution in [2.45, 2.75) is 12.1 Å². The number of fused-ring (bicyclic) bond motifs is 3. The summed E-state index contributed by atoms with van der Waals surface area (Å²) in [4.78, 5) is 0. The van der Waals surface area contributed by atoms with Crippen molar-refractivity contribution in [2.75, 3.05) is 5.32 Å². The van der Waals surface area contributed by atoms with E-state index in [1.807, 2.05) is 72.8 Å². The van der Waals surface area contributed by atoms with Crippen molar-refractivity contribution in [1.29, 1.82) is 5.26 Å². The molecule has 1 aromatic heterocycles. The first-order valence-electron chi connectivity index (χ1n) is 14.6. The van der Waals surface area contributed by atoms with E-state index in [4.69, 9.17) is 15.9 Å². The Kier molecular flexibility index (Phi) is 7.13. The maximum atomic E-state index is 9.27. The lowest BCUT2D eigenvalue weighted by Crippen LogP contribution is -2.26. The molecule has 44 heavy (non-hydrogen) atoms. The van der Waals surface area contributed by atoms with Crippen LogP contribution >= 0.6 is 0 Å². The number of rotatable bonds is 7. The van der Waals surface area contributed by atoms with Gasteiger partial charge in [-0.1, -0.05) is 103 Å². The van der Waals surface area contributed by atoms with Gasteiger partial charge in [-0.2, -0.15) is 5.26 Å². The van der Waals surface area contributed by atoms with Crippen LogP contribution in [0.4, 0.5) is 11.4 Å². The first-order valence-corrected chi connectivity index (χ1v) is 14.6. The molecule has 0 bridgehead atoms. The van der Waals surface area contributed by atoms with Crippen LogP contribution in [0.1, 0.15) is 28.8 Å². The fourth-order valence-corrected chi connectivity index (χ4v) is 5.83. The van der Waals surface area contributed by atoms with Crippen molar-refractivity contribution in [3.63, 3.8) is 0 Å². The van der Waals surface area contributed by atoms with Crippen LogP contribution in [0.15, 0.2) is 144 Å². The third-order valence-electron chi connectivity index (χ3n) is 8.18. The topological polar surface area (TPSA) is 101 Å². The highest BCUT2D eigenvalue weighted by Gasteiger charge is 2.18. The zero-order valence-corrected chi connectivity index (χ0v) is 23.9. The van der Waals surface area contributed by atoms with Gasteiger partial charge in [0, 0.05) is 45.4 Å². The molecule has 2 atom stereocenters. The van der Waals surface area contributed by atoms with Crippen LogP contribution in [0.3, 0.4) is 0 Å². The van der Waals surface area contributed by atoms with Gasteiger partial charge >= 0.3 is 0 Å². The van der Waals surface area contributed by atoms with Crippen LogP contribution in [0.25, 0.3) is 44.2 Å². The number of para-hydroxylation sites is 2. The maximum Gasteiger partial charge on any atom is 0.143 e.